The van der Waals surface area contributed by atoms with Crippen molar-refractivity contribution in [2.24, 2.45) is 18.2 Å². The fourth-order valence-corrected chi connectivity index (χ4v) is 2.64. The smallest absolute Gasteiger partial charge is 0.0826 e. The van der Waals surface area contributed by atoms with Gasteiger partial charge >= 0.3 is 0 Å². The van der Waals surface area contributed by atoms with Crippen LogP contribution in [0.4, 0.5) is 0 Å². The van der Waals surface area contributed by atoms with Gasteiger partial charge in [0, 0.05) is 14.6 Å². The highest BCUT2D eigenvalue weighted by Crippen LogP contribution is 2.45. The summed E-state index contributed by atoms with van der Waals surface area (Å²) >= 11 is 0. The van der Waals surface area contributed by atoms with Crippen LogP contribution in [0.25, 0.3) is 0 Å². The minimum Gasteiger partial charge on any atom is -0.322 e. The Morgan fingerprint density at radius 2 is 2.27 bits per heavy atom. The van der Waals surface area contributed by atoms with Crippen molar-refractivity contribution in [3.05, 3.63) is 17.5 Å². The molecule has 0 amide bonds. The topological polar surface area (TPSA) is 43.8 Å². The minimum atomic E-state index is -0.0171. The van der Waals surface area contributed by atoms with Gasteiger partial charge in [-0.05, 0) is 30.7 Å². The predicted octanol–water partition coefficient (Wildman–Crippen LogP) is 2.31. The molecule has 1 atom stereocenters. The molecule has 0 aliphatic heterocycles. The molecule has 84 valence electrons. The van der Waals surface area contributed by atoms with E-state index in [-0.39, 0.29) is 18.4 Å². The molecular weight excluding hydrogens is 186 g/mol. The molecule has 0 radical (unpaired) electrons. The maximum Gasteiger partial charge on any atom is 0.0826 e. The van der Waals surface area contributed by atoms with E-state index >= 15 is 0 Å². The van der Waals surface area contributed by atoms with Crippen LogP contribution in [0.15, 0.2) is 6.20 Å². The van der Waals surface area contributed by atoms with Crippen LogP contribution in [0, 0.1) is 12.3 Å². The van der Waals surface area contributed by atoms with E-state index in [0.717, 1.165) is 11.3 Å². The van der Waals surface area contributed by atoms with Crippen molar-refractivity contribution in [3.8, 4) is 0 Å². The Balaban J connectivity index is 2.28. The highest BCUT2D eigenvalue weighted by molar-refractivity contribution is 5.21. The van der Waals surface area contributed by atoms with Gasteiger partial charge in [0.2, 0.25) is 0 Å². The Kier molecular flexibility index (Phi) is 2.28. The molecule has 0 spiro atoms. The average molecular weight is 208 g/mol. The molecule has 1 aliphatic rings. The second kappa shape index (κ2) is 3.63. The van der Waals surface area contributed by atoms with Gasteiger partial charge in [-0.2, -0.15) is 5.10 Å². The van der Waals surface area contributed by atoms with Crippen LogP contribution >= 0.6 is 0 Å². The van der Waals surface area contributed by atoms with E-state index in [1.54, 1.807) is 4.68 Å². The summed E-state index contributed by atoms with van der Waals surface area (Å²) in [6.45, 7) is 2.53. The van der Waals surface area contributed by atoms with Gasteiger partial charge in [-0.15, -0.1) is 0 Å². The first-order valence-corrected chi connectivity index (χ1v) is 5.64. The molecule has 1 fully saturated rings. The van der Waals surface area contributed by atoms with E-state index < -0.39 is 0 Å². The molecule has 2 rings (SSSR count). The molecule has 1 aromatic heterocycles. The van der Waals surface area contributed by atoms with Crippen molar-refractivity contribution in [1.82, 2.24) is 9.78 Å². The predicted molar refractivity (Wildman–Crippen MR) is 61.4 cm³/mol. The van der Waals surface area contributed by atoms with Crippen molar-refractivity contribution in [3.63, 3.8) is 0 Å². The van der Waals surface area contributed by atoms with Gasteiger partial charge < -0.3 is 5.73 Å². The van der Waals surface area contributed by atoms with Gasteiger partial charge in [-0.1, -0.05) is 19.8 Å². The number of aromatic nitrogens is 2. The Labute approximate surface area is 93.1 Å². The van der Waals surface area contributed by atoms with Crippen molar-refractivity contribution >= 4 is 0 Å². The molecule has 1 unspecified atom stereocenters. The Bertz CT molecular complexity index is 366. The highest BCUT2D eigenvalue weighted by atomic mass is 15.3. The van der Waals surface area contributed by atoms with Gasteiger partial charge in [0.05, 0.1) is 11.7 Å². The monoisotopic (exact) mass is 208 g/mol. The molecule has 0 bridgehead atoms. The van der Waals surface area contributed by atoms with Crippen LogP contribution in [0.3, 0.4) is 0 Å². The number of nitrogens with zero attached hydrogens (tertiary/aromatic N) is 2. The summed E-state index contributed by atoms with van der Waals surface area (Å²) in [5, 5.41) is 4.44. The largest absolute Gasteiger partial charge is 0.322 e. The Hall–Kier alpha value is -0.830. The molecule has 0 saturated heterocycles. The first-order valence-electron chi connectivity index (χ1n) is 6.35. The lowest BCUT2D eigenvalue weighted by atomic mass is 9.79. The molecule has 3 nitrogen and oxygen atoms in total. The molecule has 15 heavy (non-hydrogen) atoms. The van der Waals surface area contributed by atoms with E-state index in [9.17, 15) is 0 Å². The van der Waals surface area contributed by atoms with Gasteiger partial charge in [0.25, 0.3) is 0 Å². The van der Waals surface area contributed by atoms with Gasteiger partial charge in [0.15, 0.2) is 0 Å². The zero-order valence-corrected chi connectivity index (χ0v) is 9.66. The number of aryl methyl sites for hydroxylation is 2. The van der Waals surface area contributed by atoms with E-state index in [1.165, 1.54) is 25.7 Å². The van der Waals surface area contributed by atoms with Gasteiger partial charge in [-0.3, -0.25) is 4.68 Å². The van der Waals surface area contributed by atoms with Crippen molar-refractivity contribution in [1.29, 1.82) is 0 Å². The molecule has 3 heteroatoms. The van der Waals surface area contributed by atoms with Crippen LogP contribution < -0.4 is 5.73 Å². The zero-order chi connectivity index (χ0) is 11.8. The third kappa shape index (κ3) is 1.81. The van der Waals surface area contributed by atoms with E-state index in [1.807, 2.05) is 13.2 Å². The summed E-state index contributed by atoms with van der Waals surface area (Å²) in [4.78, 5) is 0. The molecule has 2 N–H and O–H groups in total. The third-order valence-electron chi connectivity index (χ3n) is 3.73. The maximum absolute atomic E-state index is 7.52. The molecule has 1 heterocycles. The summed E-state index contributed by atoms with van der Waals surface area (Å²) in [5.41, 5.74) is 8.45. The van der Waals surface area contributed by atoms with E-state index in [2.05, 4.69) is 12.0 Å². The van der Waals surface area contributed by atoms with Gasteiger partial charge in [-0.25, -0.2) is 0 Å². The summed E-state index contributed by atoms with van der Waals surface area (Å²) in [7, 11) is 1.90. The van der Waals surface area contributed by atoms with Crippen LogP contribution in [-0.4, -0.2) is 9.78 Å². The van der Waals surface area contributed by atoms with Crippen LogP contribution in [0.1, 0.15) is 51.3 Å². The number of rotatable bonds is 2. The first-order chi connectivity index (χ1) is 7.57. The molecular formula is C12H21N3. The van der Waals surface area contributed by atoms with Crippen molar-refractivity contribution in [2.75, 3.05) is 0 Å². The van der Waals surface area contributed by atoms with Crippen LogP contribution in [0.5, 0.6) is 0 Å². The Morgan fingerprint density at radius 3 is 2.87 bits per heavy atom. The Morgan fingerprint density at radius 1 is 1.60 bits per heavy atom. The summed E-state index contributed by atoms with van der Waals surface area (Å²) in [5.74, 6) is 0. The SMILES string of the molecule is [2H]Cc1cn(C)nc1C(N)C1(C)CCCC1. The lowest BCUT2D eigenvalue weighted by Gasteiger charge is -2.30. The summed E-state index contributed by atoms with van der Waals surface area (Å²) in [6, 6.07) is -0.0171. The summed E-state index contributed by atoms with van der Waals surface area (Å²) < 4.78 is 9.29. The average Bonchev–Trinajstić information content (AvgIpc) is 2.84. The second-order valence-electron chi connectivity index (χ2n) is 5.05. The normalized spacial score (nSPS) is 22.7. The zero-order valence-electron chi connectivity index (χ0n) is 10.7. The van der Waals surface area contributed by atoms with Crippen molar-refractivity contribution < 1.29 is 1.37 Å². The van der Waals surface area contributed by atoms with E-state index in [4.69, 9.17) is 7.10 Å². The maximum atomic E-state index is 7.52. The standard InChI is InChI=1S/C12H21N3/c1-9-8-15(3)14-10(9)11(13)12(2)6-4-5-7-12/h8,11H,4-7,13H2,1-3H3/i1D. The lowest BCUT2D eigenvalue weighted by Crippen LogP contribution is -2.30. The number of nitrogens with two attached hydrogens (primary N) is 1. The molecule has 1 aromatic rings. The minimum absolute atomic E-state index is 0.0171. The molecule has 1 saturated carbocycles. The second-order valence-corrected chi connectivity index (χ2v) is 5.05. The third-order valence-corrected chi connectivity index (χ3v) is 3.73. The summed E-state index contributed by atoms with van der Waals surface area (Å²) in [6.07, 6.45) is 6.82. The van der Waals surface area contributed by atoms with E-state index in [0.29, 0.717) is 0 Å². The van der Waals surface area contributed by atoms with Crippen molar-refractivity contribution in [2.45, 2.75) is 45.5 Å². The first kappa shape index (κ1) is 9.40. The fourth-order valence-electron chi connectivity index (χ4n) is 2.64. The number of hydrogen-bond donors (Lipinski definition) is 1. The lowest BCUT2D eigenvalue weighted by molar-refractivity contribution is 0.259. The highest BCUT2D eigenvalue weighted by Gasteiger charge is 2.37. The van der Waals surface area contributed by atoms with Crippen LogP contribution in [0.2, 0.25) is 0 Å². The quantitative estimate of drug-likeness (QED) is 0.810. The number of hydrogen-bond acceptors (Lipinski definition) is 2. The molecule has 0 aromatic carbocycles. The fraction of sp³-hybridized carbons (Fsp3) is 0.750. The van der Waals surface area contributed by atoms with Crippen LogP contribution in [-0.2, 0) is 7.05 Å². The molecule has 1 aliphatic carbocycles. The van der Waals surface area contributed by atoms with Gasteiger partial charge in [0.1, 0.15) is 0 Å².